The van der Waals surface area contributed by atoms with Gasteiger partial charge in [-0.3, -0.25) is 9.36 Å². The molecule has 2 aromatic heterocycles. The summed E-state index contributed by atoms with van der Waals surface area (Å²) >= 11 is 1.35. The molecule has 3 aromatic rings. The highest BCUT2D eigenvalue weighted by Crippen LogP contribution is 2.25. The first-order valence-electron chi connectivity index (χ1n) is 10.0. The number of amides is 1. The lowest BCUT2D eigenvalue weighted by atomic mass is 10.1. The van der Waals surface area contributed by atoms with Gasteiger partial charge in [0.15, 0.2) is 5.16 Å². The number of carbonyl (C=O) groups is 1. The second-order valence-corrected chi connectivity index (χ2v) is 8.13. The lowest BCUT2D eigenvalue weighted by Crippen LogP contribution is -2.32. The van der Waals surface area contributed by atoms with Crippen molar-refractivity contribution in [1.29, 1.82) is 0 Å². The van der Waals surface area contributed by atoms with Crippen LogP contribution in [0, 0.1) is 5.82 Å². The van der Waals surface area contributed by atoms with E-state index in [1.165, 1.54) is 30.3 Å². The molecule has 9 heteroatoms. The van der Waals surface area contributed by atoms with Crippen molar-refractivity contribution in [3.05, 3.63) is 59.8 Å². The van der Waals surface area contributed by atoms with Gasteiger partial charge in [0.25, 0.3) is 0 Å². The fraction of sp³-hybridized carbons (Fsp3) is 0.381. The molecule has 0 spiro atoms. The van der Waals surface area contributed by atoms with Gasteiger partial charge in [-0.1, -0.05) is 23.9 Å². The number of halogens is 1. The average Bonchev–Trinajstić information content (AvgIpc) is 3.43. The van der Waals surface area contributed by atoms with Gasteiger partial charge in [-0.15, -0.1) is 10.2 Å². The third kappa shape index (κ3) is 5.21. The van der Waals surface area contributed by atoms with Gasteiger partial charge >= 0.3 is 0 Å². The zero-order valence-electron chi connectivity index (χ0n) is 16.6. The number of anilines is 1. The number of nitrogens with one attached hydrogen (secondary N) is 1. The molecule has 1 saturated heterocycles. The van der Waals surface area contributed by atoms with Crippen LogP contribution in [0.4, 0.5) is 10.3 Å². The Morgan fingerprint density at radius 1 is 1.13 bits per heavy atom. The number of rotatable bonds is 8. The zero-order chi connectivity index (χ0) is 20.8. The number of benzene rings is 1. The van der Waals surface area contributed by atoms with E-state index in [0.29, 0.717) is 18.2 Å². The number of hydrogen-bond acceptors (Lipinski definition) is 6. The molecule has 4 rings (SSSR count). The Hall–Kier alpha value is -2.81. The van der Waals surface area contributed by atoms with Crippen LogP contribution < -0.4 is 10.2 Å². The van der Waals surface area contributed by atoms with Gasteiger partial charge in [-0.25, -0.2) is 4.39 Å². The molecule has 0 bridgehead atoms. The van der Waals surface area contributed by atoms with Gasteiger partial charge in [-0.2, -0.15) is 0 Å². The third-order valence-electron chi connectivity index (χ3n) is 4.97. The Bertz CT molecular complexity index is 952. The fourth-order valence-corrected chi connectivity index (χ4v) is 4.16. The molecule has 1 aromatic carbocycles. The monoisotopic (exact) mass is 429 g/mol. The molecule has 0 atom stereocenters. The van der Waals surface area contributed by atoms with Crippen molar-refractivity contribution in [2.75, 3.05) is 23.7 Å². The molecule has 1 amide bonds. The lowest BCUT2D eigenvalue weighted by molar-refractivity contribution is -0.118. The first-order chi connectivity index (χ1) is 14.7. The smallest absolute Gasteiger partial charge is 0.230 e. The Kier molecular flexibility index (Phi) is 6.68. The molecule has 0 radical (unpaired) electrons. The minimum atomic E-state index is -0.291. The molecular weight excluding hydrogens is 405 g/mol. The third-order valence-corrected chi connectivity index (χ3v) is 5.93. The molecule has 0 aliphatic carbocycles. The van der Waals surface area contributed by atoms with Crippen LogP contribution in [0.2, 0.25) is 0 Å². The lowest BCUT2D eigenvalue weighted by Gasteiger charge is -2.27. The Morgan fingerprint density at radius 2 is 1.93 bits per heavy atom. The van der Waals surface area contributed by atoms with E-state index in [0.717, 1.165) is 43.2 Å². The van der Waals surface area contributed by atoms with Crippen LogP contribution in [0.25, 0.3) is 0 Å². The molecule has 158 valence electrons. The quantitative estimate of drug-likeness (QED) is 0.553. The van der Waals surface area contributed by atoms with E-state index in [1.807, 2.05) is 16.7 Å². The van der Waals surface area contributed by atoms with Gasteiger partial charge in [0.05, 0.1) is 18.6 Å². The number of nitrogens with zero attached hydrogens (tertiary/aromatic N) is 4. The van der Waals surface area contributed by atoms with Crippen molar-refractivity contribution in [1.82, 2.24) is 20.1 Å². The molecule has 1 aliphatic heterocycles. The molecule has 30 heavy (non-hydrogen) atoms. The largest absolute Gasteiger partial charge is 0.467 e. The van der Waals surface area contributed by atoms with E-state index < -0.39 is 0 Å². The maximum absolute atomic E-state index is 13.0. The average molecular weight is 430 g/mol. The SMILES string of the molecule is O=C(CSc1nnc(N2CCCCC2)n1Cc1ccco1)NCc1ccc(F)cc1. The first-order valence-corrected chi connectivity index (χ1v) is 11.0. The summed E-state index contributed by atoms with van der Waals surface area (Å²) in [6.45, 7) is 2.79. The minimum absolute atomic E-state index is 0.114. The van der Waals surface area contributed by atoms with Crippen molar-refractivity contribution in [3.63, 3.8) is 0 Å². The normalized spacial score (nSPS) is 14.1. The van der Waals surface area contributed by atoms with Crippen molar-refractivity contribution in [2.24, 2.45) is 0 Å². The maximum Gasteiger partial charge on any atom is 0.230 e. The van der Waals surface area contributed by atoms with Gasteiger partial charge in [0.2, 0.25) is 11.9 Å². The summed E-state index contributed by atoms with van der Waals surface area (Å²) in [4.78, 5) is 14.5. The van der Waals surface area contributed by atoms with Gasteiger partial charge in [0.1, 0.15) is 11.6 Å². The van der Waals surface area contributed by atoms with Gasteiger partial charge in [0, 0.05) is 19.6 Å². The Labute approximate surface area is 178 Å². The van der Waals surface area contributed by atoms with Crippen molar-refractivity contribution in [3.8, 4) is 0 Å². The number of thioether (sulfide) groups is 1. The highest BCUT2D eigenvalue weighted by Gasteiger charge is 2.21. The summed E-state index contributed by atoms with van der Waals surface area (Å²) < 4.78 is 20.5. The standard InChI is InChI=1S/C21H24FN5O2S/c22-17-8-6-16(7-9-17)13-23-19(28)15-30-21-25-24-20(26-10-2-1-3-11-26)27(21)14-18-5-4-12-29-18/h4-9,12H,1-3,10-11,13-15H2,(H,23,28). The second kappa shape index (κ2) is 9.80. The van der Waals surface area contributed by atoms with E-state index in [1.54, 1.807) is 18.4 Å². The summed E-state index contributed by atoms with van der Waals surface area (Å²) in [7, 11) is 0. The van der Waals surface area contributed by atoms with E-state index in [9.17, 15) is 9.18 Å². The predicted octanol–water partition coefficient (Wildman–Crippen LogP) is 3.46. The van der Waals surface area contributed by atoms with Crippen molar-refractivity contribution in [2.45, 2.75) is 37.5 Å². The van der Waals surface area contributed by atoms with E-state index in [2.05, 4.69) is 20.4 Å². The van der Waals surface area contributed by atoms with Crippen LogP contribution in [0.5, 0.6) is 0 Å². The van der Waals surface area contributed by atoms with E-state index in [-0.39, 0.29) is 17.5 Å². The molecule has 1 N–H and O–H groups in total. The number of piperidine rings is 1. The summed E-state index contributed by atoms with van der Waals surface area (Å²) in [5.41, 5.74) is 0.850. The predicted molar refractivity (Wildman–Crippen MR) is 113 cm³/mol. The van der Waals surface area contributed by atoms with Crippen LogP contribution >= 0.6 is 11.8 Å². The molecule has 3 heterocycles. The fourth-order valence-electron chi connectivity index (χ4n) is 3.40. The van der Waals surface area contributed by atoms with Gasteiger partial charge in [-0.05, 0) is 49.1 Å². The number of hydrogen-bond donors (Lipinski definition) is 1. The summed E-state index contributed by atoms with van der Waals surface area (Å²) in [5, 5.41) is 12.3. The molecule has 7 nitrogen and oxygen atoms in total. The van der Waals surface area contributed by atoms with Crippen molar-refractivity contribution < 1.29 is 13.6 Å². The highest BCUT2D eigenvalue weighted by molar-refractivity contribution is 7.99. The summed E-state index contributed by atoms with van der Waals surface area (Å²) in [6, 6.07) is 9.87. The molecule has 1 fully saturated rings. The Balaban J connectivity index is 1.40. The number of carbonyl (C=O) groups excluding carboxylic acids is 1. The Morgan fingerprint density at radius 3 is 2.67 bits per heavy atom. The van der Waals surface area contributed by atoms with Crippen LogP contribution in [0.1, 0.15) is 30.6 Å². The molecule has 0 saturated carbocycles. The zero-order valence-corrected chi connectivity index (χ0v) is 17.4. The van der Waals surface area contributed by atoms with E-state index in [4.69, 9.17) is 4.42 Å². The van der Waals surface area contributed by atoms with Crippen molar-refractivity contribution >= 4 is 23.6 Å². The van der Waals surface area contributed by atoms with Crippen LogP contribution in [-0.2, 0) is 17.9 Å². The summed E-state index contributed by atoms with van der Waals surface area (Å²) in [5.74, 6) is 1.45. The molecule has 1 aliphatic rings. The maximum atomic E-state index is 13.0. The molecule has 0 unspecified atom stereocenters. The topological polar surface area (TPSA) is 76.2 Å². The van der Waals surface area contributed by atoms with Crippen LogP contribution in [-0.4, -0.2) is 39.5 Å². The summed E-state index contributed by atoms with van der Waals surface area (Å²) in [6.07, 6.45) is 5.17. The first kappa shape index (κ1) is 20.5. The molecular formula is C21H24FN5O2S. The second-order valence-electron chi connectivity index (χ2n) is 7.19. The minimum Gasteiger partial charge on any atom is -0.467 e. The number of aromatic nitrogens is 3. The van der Waals surface area contributed by atoms with Gasteiger partial charge < -0.3 is 14.6 Å². The highest BCUT2D eigenvalue weighted by atomic mass is 32.2. The van der Waals surface area contributed by atoms with E-state index >= 15 is 0 Å². The number of furan rings is 1. The van der Waals surface area contributed by atoms with Crippen LogP contribution in [0.15, 0.2) is 52.2 Å². The van der Waals surface area contributed by atoms with Crippen LogP contribution in [0.3, 0.4) is 0 Å².